The number of fused-ring (bicyclic) bond motifs is 3. The molecule has 0 spiro atoms. The zero-order chi connectivity index (χ0) is 16.9. The van der Waals surface area contributed by atoms with Gasteiger partial charge < -0.3 is 4.74 Å². The zero-order valence-corrected chi connectivity index (χ0v) is 13.7. The fraction of sp³-hybridized carbons (Fsp3) is 0.238. The van der Waals surface area contributed by atoms with E-state index in [1.807, 2.05) is 48.5 Å². The lowest BCUT2D eigenvalue weighted by Gasteiger charge is -2.10. The van der Waals surface area contributed by atoms with Crippen molar-refractivity contribution in [1.82, 2.24) is 0 Å². The summed E-state index contributed by atoms with van der Waals surface area (Å²) in [4.78, 5) is 24.1. The summed E-state index contributed by atoms with van der Waals surface area (Å²) in [6.45, 7) is 2.16. The van der Waals surface area contributed by atoms with Crippen molar-refractivity contribution in [2.75, 3.05) is 6.61 Å². The lowest BCUT2D eigenvalue weighted by atomic mass is 9.93. The number of hydrogen-bond acceptors (Lipinski definition) is 3. The molecule has 0 aliphatic rings. The molecule has 3 heteroatoms. The number of benzene rings is 3. The van der Waals surface area contributed by atoms with E-state index in [0.29, 0.717) is 19.4 Å². The van der Waals surface area contributed by atoms with Gasteiger partial charge in [-0.3, -0.25) is 9.59 Å². The van der Waals surface area contributed by atoms with Gasteiger partial charge in [-0.15, -0.1) is 0 Å². The molecule has 0 bridgehead atoms. The summed E-state index contributed by atoms with van der Waals surface area (Å²) in [6.07, 6.45) is 1.14. The van der Waals surface area contributed by atoms with Crippen molar-refractivity contribution in [2.45, 2.75) is 26.2 Å². The van der Waals surface area contributed by atoms with Crippen LogP contribution in [0, 0.1) is 0 Å². The first-order chi connectivity index (χ1) is 11.7. The summed E-state index contributed by atoms with van der Waals surface area (Å²) < 4.78 is 4.91. The van der Waals surface area contributed by atoms with E-state index in [2.05, 4.69) is 6.07 Å². The summed E-state index contributed by atoms with van der Waals surface area (Å²) in [5, 5.41) is 4.27. The topological polar surface area (TPSA) is 43.4 Å². The van der Waals surface area contributed by atoms with Gasteiger partial charge in [0, 0.05) is 18.4 Å². The number of carbonyl (C=O) groups excluding carboxylic acids is 2. The van der Waals surface area contributed by atoms with Gasteiger partial charge in [0.2, 0.25) is 0 Å². The normalized spacial score (nSPS) is 10.9. The van der Waals surface area contributed by atoms with Gasteiger partial charge in [-0.05, 0) is 41.0 Å². The highest BCUT2D eigenvalue weighted by Crippen LogP contribution is 2.29. The third-order valence-electron chi connectivity index (χ3n) is 4.16. The van der Waals surface area contributed by atoms with Crippen LogP contribution in [0.15, 0.2) is 54.6 Å². The standard InChI is InChI=1S/C21H20O3/c1-2-24-21(23)13-7-12-20(22)19-14-15-8-3-4-9-16(15)17-10-5-6-11-18(17)19/h3-6,8-11,14H,2,7,12-13H2,1H3. The Morgan fingerprint density at radius 1 is 0.875 bits per heavy atom. The van der Waals surface area contributed by atoms with Gasteiger partial charge in [-0.25, -0.2) is 0 Å². The van der Waals surface area contributed by atoms with Crippen LogP contribution in [0.3, 0.4) is 0 Å². The first kappa shape index (κ1) is 16.2. The van der Waals surface area contributed by atoms with Crippen LogP contribution in [-0.4, -0.2) is 18.4 Å². The second-order valence-corrected chi connectivity index (χ2v) is 5.77. The number of esters is 1. The average molecular weight is 320 g/mol. The summed E-state index contributed by atoms with van der Waals surface area (Å²) >= 11 is 0. The molecule has 0 amide bonds. The molecule has 0 aliphatic carbocycles. The molecule has 3 rings (SSSR count). The average Bonchev–Trinajstić information content (AvgIpc) is 2.61. The molecular formula is C21H20O3. The van der Waals surface area contributed by atoms with Crippen LogP contribution < -0.4 is 0 Å². The fourth-order valence-corrected chi connectivity index (χ4v) is 3.05. The maximum atomic E-state index is 12.7. The first-order valence-electron chi connectivity index (χ1n) is 8.30. The third-order valence-corrected chi connectivity index (χ3v) is 4.16. The highest BCUT2D eigenvalue weighted by molar-refractivity contribution is 6.17. The fourth-order valence-electron chi connectivity index (χ4n) is 3.05. The largest absolute Gasteiger partial charge is 0.466 e. The Morgan fingerprint density at radius 2 is 1.54 bits per heavy atom. The first-order valence-corrected chi connectivity index (χ1v) is 8.30. The van der Waals surface area contributed by atoms with Crippen molar-refractivity contribution in [3.8, 4) is 0 Å². The van der Waals surface area contributed by atoms with E-state index >= 15 is 0 Å². The Labute approximate surface area is 141 Å². The number of Topliss-reactive ketones (excluding diaryl/α,β-unsaturated/α-hetero) is 1. The molecule has 122 valence electrons. The second kappa shape index (κ2) is 7.26. The monoisotopic (exact) mass is 320 g/mol. The number of carbonyl (C=O) groups is 2. The highest BCUT2D eigenvalue weighted by Gasteiger charge is 2.13. The molecule has 3 aromatic carbocycles. The van der Waals surface area contributed by atoms with Crippen LogP contribution in [0.25, 0.3) is 21.5 Å². The minimum Gasteiger partial charge on any atom is -0.466 e. The number of rotatable bonds is 6. The van der Waals surface area contributed by atoms with Crippen LogP contribution in [0.4, 0.5) is 0 Å². The molecule has 24 heavy (non-hydrogen) atoms. The Hall–Kier alpha value is -2.68. The van der Waals surface area contributed by atoms with Crippen molar-refractivity contribution < 1.29 is 14.3 Å². The van der Waals surface area contributed by atoms with E-state index in [9.17, 15) is 9.59 Å². The molecule has 0 fully saturated rings. The molecule has 0 atom stereocenters. The molecule has 3 nitrogen and oxygen atoms in total. The van der Waals surface area contributed by atoms with Crippen LogP contribution in [0.5, 0.6) is 0 Å². The van der Waals surface area contributed by atoms with Gasteiger partial charge in [0.1, 0.15) is 0 Å². The Kier molecular flexibility index (Phi) is 4.90. The Morgan fingerprint density at radius 3 is 2.29 bits per heavy atom. The minimum absolute atomic E-state index is 0.0706. The maximum absolute atomic E-state index is 12.7. The van der Waals surface area contributed by atoms with E-state index in [-0.39, 0.29) is 18.2 Å². The van der Waals surface area contributed by atoms with Gasteiger partial charge in [0.05, 0.1) is 6.61 Å². The van der Waals surface area contributed by atoms with Crippen molar-refractivity contribution in [2.24, 2.45) is 0 Å². The van der Waals surface area contributed by atoms with Gasteiger partial charge in [-0.2, -0.15) is 0 Å². The minimum atomic E-state index is -0.242. The van der Waals surface area contributed by atoms with Crippen LogP contribution >= 0.6 is 0 Å². The second-order valence-electron chi connectivity index (χ2n) is 5.77. The van der Waals surface area contributed by atoms with Crippen LogP contribution in [0.2, 0.25) is 0 Å². The quantitative estimate of drug-likeness (QED) is 0.368. The van der Waals surface area contributed by atoms with Crippen molar-refractivity contribution >= 4 is 33.3 Å². The summed E-state index contributed by atoms with van der Waals surface area (Å²) in [5.74, 6) is -0.171. The lowest BCUT2D eigenvalue weighted by Crippen LogP contribution is -2.06. The number of ether oxygens (including phenoxy) is 1. The molecule has 0 unspecified atom stereocenters. The number of hydrogen-bond donors (Lipinski definition) is 0. The SMILES string of the molecule is CCOC(=O)CCCC(=O)c1cc2ccccc2c2ccccc12. The third kappa shape index (κ3) is 3.30. The molecule has 0 N–H and O–H groups in total. The molecule has 0 saturated carbocycles. The zero-order valence-electron chi connectivity index (χ0n) is 13.7. The van der Waals surface area contributed by atoms with Crippen molar-refractivity contribution in [3.05, 3.63) is 60.2 Å². The van der Waals surface area contributed by atoms with Gasteiger partial charge in [-0.1, -0.05) is 48.5 Å². The molecule has 0 saturated heterocycles. The van der Waals surface area contributed by atoms with E-state index in [1.54, 1.807) is 6.92 Å². The van der Waals surface area contributed by atoms with Gasteiger partial charge >= 0.3 is 5.97 Å². The highest BCUT2D eigenvalue weighted by atomic mass is 16.5. The van der Waals surface area contributed by atoms with Crippen LogP contribution in [0.1, 0.15) is 36.5 Å². The van der Waals surface area contributed by atoms with Gasteiger partial charge in [0.15, 0.2) is 5.78 Å². The molecule has 0 aromatic heterocycles. The molecule has 0 heterocycles. The van der Waals surface area contributed by atoms with E-state index in [1.165, 1.54) is 0 Å². The van der Waals surface area contributed by atoms with Crippen molar-refractivity contribution in [1.29, 1.82) is 0 Å². The molecule has 0 radical (unpaired) electrons. The Balaban J connectivity index is 1.90. The summed E-state index contributed by atoms with van der Waals surface area (Å²) in [7, 11) is 0. The maximum Gasteiger partial charge on any atom is 0.305 e. The van der Waals surface area contributed by atoms with E-state index in [4.69, 9.17) is 4.74 Å². The van der Waals surface area contributed by atoms with E-state index in [0.717, 1.165) is 27.1 Å². The summed E-state index contributed by atoms with van der Waals surface area (Å²) in [5.41, 5.74) is 0.730. The molecule has 3 aromatic rings. The van der Waals surface area contributed by atoms with E-state index < -0.39 is 0 Å². The summed E-state index contributed by atoms with van der Waals surface area (Å²) in [6, 6.07) is 18.0. The van der Waals surface area contributed by atoms with Gasteiger partial charge in [0.25, 0.3) is 0 Å². The smallest absolute Gasteiger partial charge is 0.305 e. The molecule has 0 aliphatic heterocycles. The Bertz CT molecular complexity index is 896. The number of ketones is 1. The molecular weight excluding hydrogens is 300 g/mol. The van der Waals surface area contributed by atoms with Crippen LogP contribution in [-0.2, 0) is 9.53 Å². The lowest BCUT2D eigenvalue weighted by molar-refractivity contribution is -0.143. The van der Waals surface area contributed by atoms with Crippen molar-refractivity contribution in [3.63, 3.8) is 0 Å². The predicted molar refractivity (Wildman–Crippen MR) is 96.3 cm³/mol. The predicted octanol–water partition coefficient (Wildman–Crippen LogP) is 4.91.